The van der Waals surface area contributed by atoms with Crippen molar-refractivity contribution in [3.05, 3.63) is 89.5 Å². The van der Waals surface area contributed by atoms with Crippen LogP contribution in [0.15, 0.2) is 78.4 Å². The van der Waals surface area contributed by atoms with Crippen molar-refractivity contribution in [1.29, 1.82) is 0 Å². The Morgan fingerprint density at radius 1 is 0.760 bits per heavy atom. The summed E-state index contributed by atoms with van der Waals surface area (Å²) in [6.07, 6.45) is 4.50. The van der Waals surface area contributed by atoms with Gasteiger partial charge < -0.3 is 0 Å². The maximum absolute atomic E-state index is 11.7. The van der Waals surface area contributed by atoms with Gasteiger partial charge in [-0.05, 0) is 29.2 Å². The molecule has 2 aromatic rings. The van der Waals surface area contributed by atoms with E-state index in [-0.39, 0.29) is 5.78 Å². The molecule has 0 spiro atoms. The third-order valence-electron chi connectivity index (χ3n) is 3.43. The van der Waals surface area contributed by atoms with Crippen LogP contribution in [0.25, 0.3) is 5.57 Å². The first-order valence-corrected chi connectivity index (χ1v) is 9.25. The summed E-state index contributed by atoms with van der Waals surface area (Å²) in [6.45, 7) is 11.8. The summed E-state index contributed by atoms with van der Waals surface area (Å²) in [5.41, 5.74) is 4.22. The summed E-state index contributed by atoms with van der Waals surface area (Å²) < 4.78 is 0. The van der Waals surface area contributed by atoms with Gasteiger partial charge in [0.1, 0.15) is 0 Å². The molecule has 1 nitrogen and oxygen atoms in total. The molecule has 2 aromatic carbocycles. The average Bonchev–Trinajstić information content (AvgIpc) is 2.72. The molecule has 0 aliphatic carbocycles. The molecule has 0 aliphatic rings. The molecule has 1 heteroatoms. The van der Waals surface area contributed by atoms with Gasteiger partial charge in [-0.3, -0.25) is 4.79 Å². The quantitative estimate of drug-likeness (QED) is 0.420. The van der Waals surface area contributed by atoms with Crippen molar-refractivity contribution in [2.75, 3.05) is 0 Å². The summed E-state index contributed by atoms with van der Waals surface area (Å²) in [5, 5.41) is 0. The van der Waals surface area contributed by atoms with Gasteiger partial charge in [0, 0.05) is 6.42 Å². The number of carbonyl (C=O) groups excluding carboxylic acids is 1. The van der Waals surface area contributed by atoms with Gasteiger partial charge in [-0.25, -0.2) is 0 Å². The van der Waals surface area contributed by atoms with Gasteiger partial charge >= 0.3 is 0 Å². The van der Waals surface area contributed by atoms with Crippen molar-refractivity contribution in [2.45, 2.75) is 48.0 Å². The molecular formula is C24H32O. The molecule has 0 heterocycles. The highest BCUT2D eigenvalue weighted by Crippen LogP contribution is 2.23. The Balaban J connectivity index is 0.00000134. The van der Waals surface area contributed by atoms with Crippen molar-refractivity contribution in [1.82, 2.24) is 0 Å². The van der Waals surface area contributed by atoms with Gasteiger partial charge in [0.05, 0.1) is 0 Å². The van der Waals surface area contributed by atoms with Crippen molar-refractivity contribution in [3.63, 3.8) is 0 Å². The van der Waals surface area contributed by atoms with Crippen LogP contribution in [0.1, 0.15) is 59.1 Å². The van der Waals surface area contributed by atoms with E-state index in [0.717, 1.165) is 22.3 Å². The first-order valence-electron chi connectivity index (χ1n) is 9.25. The summed E-state index contributed by atoms with van der Waals surface area (Å²) in [5.74, 6) is 0.187. The highest BCUT2D eigenvalue weighted by Gasteiger charge is 2.04. The highest BCUT2D eigenvalue weighted by molar-refractivity contribution is 5.95. The van der Waals surface area contributed by atoms with Crippen LogP contribution in [-0.2, 0) is 4.79 Å². The van der Waals surface area contributed by atoms with Crippen LogP contribution in [-0.4, -0.2) is 5.78 Å². The number of hydrogen-bond acceptors (Lipinski definition) is 1. The zero-order valence-electron chi connectivity index (χ0n) is 16.5. The maximum Gasteiger partial charge on any atom is 0.158 e. The third kappa shape index (κ3) is 7.80. The lowest BCUT2D eigenvalue weighted by Crippen LogP contribution is -1.96. The maximum atomic E-state index is 11.7. The molecule has 134 valence electrons. The second kappa shape index (κ2) is 14.0. The summed E-state index contributed by atoms with van der Waals surface area (Å²) in [6, 6.07) is 20.5. The molecule has 0 saturated heterocycles. The topological polar surface area (TPSA) is 17.1 Å². The number of carbonyl (C=O) groups is 1. The van der Waals surface area contributed by atoms with Gasteiger partial charge in [0.2, 0.25) is 0 Å². The molecule has 0 bridgehead atoms. The Bertz CT molecular complexity index is 608. The van der Waals surface area contributed by atoms with Gasteiger partial charge in [-0.1, -0.05) is 107 Å². The van der Waals surface area contributed by atoms with E-state index in [9.17, 15) is 4.79 Å². The number of Topliss-reactive ketones (excluding diaryl/α,β-unsaturated/α-hetero) is 1. The fraction of sp³-hybridized carbons (Fsp3) is 0.292. The minimum atomic E-state index is 0.187. The van der Waals surface area contributed by atoms with Crippen LogP contribution in [0.3, 0.4) is 0 Å². The number of ketones is 1. The van der Waals surface area contributed by atoms with Crippen molar-refractivity contribution >= 4 is 11.4 Å². The Kier molecular flexibility index (Phi) is 12.6. The van der Waals surface area contributed by atoms with Gasteiger partial charge in [0.15, 0.2) is 5.78 Å². The minimum Gasteiger partial charge on any atom is -0.295 e. The Morgan fingerprint density at radius 3 is 1.52 bits per heavy atom. The van der Waals surface area contributed by atoms with Crippen LogP contribution < -0.4 is 0 Å². The van der Waals surface area contributed by atoms with Crippen molar-refractivity contribution in [3.8, 4) is 0 Å². The Hall–Kier alpha value is -2.41. The largest absolute Gasteiger partial charge is 0.295 e. The molecule has 0 radical (unpaired) electrons. The molecule has 0 aromatic heterocycles. The summed E-state index contributed by atoms with van der Waals surface area (Å²) in [4.78, 5) is 11.7. The van der Waals surface area contributed by atoms with E-state index in [2.05, 4.69) is 24.3 Å². The SMILES string of the molecule is CC.CC.CCC(=O)/C(C)=C/C=C(c1ccccc1)c1ccccc1. The van der Waals surface area contributed by atoms with Crippen molar-refractivity contribution < 1.29 is 4.79 Å². The smallest absolute Gasteiger partial charge is 0.158 e. The van der Waals surface area contributed by atoms with E-state index >= 15 is 0 Å². The number of rotatable bonds is 5. The van der Waals surface area contributed by atoms with E-state index in [0.29, 0.717) is 6.42 Å². The summed E-state index contributed by atoms with van der Waals surface area (Å²) in [7, 11) is 0. The second-order valence-corrected chi connectivity index (χ2v) is 4.94. The van der Waals surface area contributed by atoms with Crippen LogP contribution in [0.2, 0.25) is 0 Å². The first kappa shape index (κ1) is 22.6. The lowest BCUT2D eigenvalue weighted by molar-refractivity contribution is -0.115. The molecule has 25 heavy (non-hydrogen) atoms. The van der Waals surface area contributed by atoms with Crippen molar-refractivity contribution in [2.24, 2.45) is 0 Å². The zero-order chi connectivity index (χ0) is 19.1. The minimum absolute atomic E-state index is 0.187. The fourth-order valence-electron chi connectivity index (χ4n) is 2.17. The van der Waals surface area contributed by atoms with E-state index in [1.165, 1.54) is 0 Å². The number of hydrogen-bond donors (Lipinski definition) is 0. The molecule has 0 unspecified atom stereocenters. The van der Waals surface area contributed by atoms with Crippen LogP contribution in [0, 0.1) is 0 Å². The monoisotopic (exact) mass is 336 g/mol. The number of benzene rings is 2. The highest BCUT2D eigenvalue weighted by atomic mass is 16.1. The van der Waals surface area contributed by atoms with Crippen LogP contribution in [0.4, 0.5) is 0 Å². The van der Waals surface area contributed by atoms with E-state index in [4.69, 9.17) is 0 Å². The number of allylic oxidation sites excluding steroid dienone is 3. The Morgan fingerprint density at radius 2 is 1.16 bits per heavy atom. The predicted molar refractivity (Wildman–Crippen MR) is 112 cm³/mol. The predicted octanol–water partition coefficient (Wildman–Crippen LogP) is 7.10. The molecule has 0 aliphatic heterocycles. The first-order chi connectivity index (χ1) is 12.2. The molecule has 0 amide bonds. The van der Waals surface area contributed by atoms with Gasteiger partial charge in [-0.15, -0.1) is 0 Å². The second-order valence-electron chi connectivity index (χ2n) is 4.94. The third-order valence-corrected chi connectivity index (χ3v) is 3.43. The molecule has 0 atom stereocenters. The molecule has 0 saturated carbocycles. The molecular weight excluding hydrogens is 304 g/mol. The van der Waals surface area contributed by atoms with Gasteiger partial charge in [-0.2, -0.15) is 0 Å². The van der Waals surface area contributed by atoms with Crippen LogP contribution >= 0.6 is 0 Å². The van der Waals surface area contributed by atoms with Crippen LogP contribution in [0.5, 0.6) is 0 Å². The summed E-state index contributed by atoms with van der Waals surface area (Å²) >= 11 is 0. The van der Waals surface area contributed by atoms with E-state index in [1.807, 2.05) is 90.1 Å². The zero-order valence-corrected chi connectivity index (χ0v) is 16.5. The van der Waals surface area contributed by atoms with Gasteiger partial charge in [0.25, 0.3) is 0 Å². The Labute approximate surface area is 154 Å². The molecule has 2 rings (SSSR count). The standard InChI is InChI=1S/C20H20O.2C2H6/c1-3-20(21)16(2)14-15-19(17-10-6-4-7-11-17)18-12-8-5-9-13-18;2*1-2/h4-15H,3H2,1-2H3;2*1-2H3/b16-14+;;. The molecule has 0 fully saturated rings. The lowest BCUT2D eigenvalue weighted by atomic mass is 9.97. The van der Waals surface area contributed by atoms with E-state index < -0.39 is 0 Å². The lowest BCUT2D eigenvalue weighted by Gasteiger charge is -2.08. The normalized spacial score (nSPS) is 9.76. The fourth-order valence-corrected chi connectivity index (χ4v) is 2.17. The molecule has 0 N–H and O–H groups in total. The van der Waals surface area contributed by atoms with E-state index in [1.54, 1.807) is 0 Å². The average molecular weight is 337 g/mol.